The largest absolute Gasteiger partial charge is 0.298 e. The summed E-state index contributed by atoms with van der Waals surface area (Å²) in [5.41, 5.74) is 8.58. The third kappa shape index (κ3) is 4.81. The van der Waals surface area contributed by atoms with Crippen molar-refractivity contribution in [3.8, 4) is 11.1 Å². The molecule has 0 spiro atoms. The van der Waals surface area contributed by atoms with Crippen molar-refractivity contribution >= 4 is 0 Å². The normalized spacial score (nSPS) is 24.6. The Morgan fingerprint density at radius 2 is 1.63 bits per heavy atom. The molecule has 0 amide bonds. The lowest BCUT2D eigenvalue weighted by molar-refractivity contribution is 0.226. The summed E-state index contributed by atoms with van der Waals surface area (Å²) in [6.45, 7) is 11.6. The number of rotatable bonds is 7. The van der Waals surface area contributed by atoms with Crippen LogP contribution in [0.4, 0.5) is 0 Å². The Labute approximate surface area is 183 Å². The number of unbranched alkanes of at least 4 members (excludes halogenated alkanes) is 2. The van der Waals surface area contributed by atoms with E-state index in [-0.39, 0.29) is 6.17 Å². The van der Waals surface area contributed by atoms with Crippen LogP contribution in [0.15, 0.2) is 36.4 Å². The van der Waals surface area contributed by atoms with Crippen LogP contribution < -0.4 is 10.6 Å². The smallest absolute Gasteiger partial charge is 0.0838 e. The number of benzene rings is 2. The van der Waals surface area contributed by atoms with Gasteiger partial charge in [-0.05, 0) is 70.9 Å². The highest BCUT2D eigenvalue weighted by atomic mass is 15.2. The number of hydrogen-bond acceptors (Lipinski definition) is 2. The summed E-state index contributed by atoms with van der Waals surface area (Å²) in [6, 6.07) is 14.1. The fourth-order valence-corrected chi connectivity index (χ4v) is 5.45. The molecule has 162 valence electrons. The Hall–Kier alpha value is -1.64. The van der Waals surface area contributed by atoms with Gasteiger partial charge < -0.3 is 0 Å². The van der Waals surface area contributed by atoms with Crippen LogP contribution >= 0.6 is 0 Å². The van der Waals surface area contributed by atoms with Gasteiger partial charge in [0.2, 0.25) is 0 Å². The maximum absolute atomic E-state index is 3.78. The van der Waals surface area contributed by atoms with E-state index < -0.39 is 0 Å². The molecule has 2 nitrogen and oxygen atoms in total. The summed E-state index contributed by atoms with van der Waals surface area (Å²) in [4.78, 5) is 0. The highest BCUT2D eigenvalue weighted by Gasteiger charge is 2.25. The van der Waals surface area contributed by atoms with E-state index in [1.165, 1.54) is 60.8 Å². The average molecular weight is 405 g/mol. The SMILES string of the molecule is CCCCCC(C)C1CNC(c2ccc(-c3ccc4c(c3)C[C@H](C)C4)cc2C)NC1. The minimum atomic E-state index is 0.277. The second-order valence-corrected chi connectivity index (χ2v) is 10.1. The molecule has 0 bridgehead atoms. The van der Waals surface area contributed by atoms with Crippen LogP contribution in [0.25, 0.3) is 11.1 Å². The van der Waals surface area contributed by atoms with Crippen LogP contribution in [-0.2, 0) is 12.8 Å². The molecule has 2 heteroatoms. The van der Waals surface area contributed by atoms with Gasteiger partial charge in [-0.2, -0.15) is 0 Å². The highest BCUT2D eigenvalue weighted by molar-refractivity contribution is 5.67. The maximum atomic E-state index is 3.78. The molecule has 0 aromatic heterocycles. The van der Waals surface area contributed by atoms with Crippen molar-refractivity contribution in [3.05, 3.63) is 58.7 Å². The van der Waals surface area contributed by atoms with E-state index in [9.17, 15) is 0 Å². The first-order chi connectivity index (χ1) is 14.5. The van der Waals surface area contributed by atoms with Gasteiger partial charge in [-0.15, -0.1) is 0 Å². The quantitative estimate of drug-likeness (QED) is 0.520. The lowest BCUT2D eigenvalue weighted by Gasteiger charge is -2.35. The fraction of sp³-hybridized carbons (Fsp3) is 0.571. The Morgan fingerprint density at radius 3 is 2.37 bits per heavy atom. The van der Waals surface area contributed by atoms with Crippen molar-refractivity contribution in [1.29, 1.82) is 0 Å². The third-order valence-corrected chi connectivity index (χ3v) is 7.49. The van der Waals surface area contributed by atoms with Crippen LogP contribution in [0, 0.1) is 24.7 Å². The minimum Gasteiger partial charge on any atom is -0.298 e. The Kier molecular flexibility index (Phi) is 6.95. The Bertz CT molecular complexity index is 848. The first kappa shape index (κ1) is 21.6. The fourth-order valence-electron chi connectivity index (χ4n) is 5.45. The predicted molar refractivity (Wildman–Crippen MR) is 129 cm³/mol. The van der Waals surface area contributed by atoms with Gasteiger partial charge >= 0.3 is 0 Å². The molecule has 1 unspecified atom stereocenters. The Balaban J connectivity index is 1.39. The summed E-state index contributed by atoms with van der Waals surface area (Å²) in [5.74, 6) is 2.33. The molecular formula is C28H40N2. The highest BCUT2D eigenvalue weighted by Crippen LogP contribution is 2.32. The summed E-state index contributed by atoms with van der Waals surface area (Å²) >= 11 is 0. The molecule has 1 saturated heterocycles. The lowest BCUT2D eigenvalue weighted by Crippen LogP contribution is -2.48. The van der Waals surface area contributed by atoms with Crippen molar-refractivity contribution in [2.45, 2.75) is 72.4 Å². The second kappa shape index (κ2) is 9.66. The molecule has 1 fully saturated rings. The van der Waals surface area contributed by atoms with Crippen LogP contribution in [0.5, 0.6) is 0 Å². The molecule has 4 rings (SSSR count). The predicted octanol–water partition coefficient (Wildman–Crippen LogP) is 6.42. The monoisotopic (exact) mass is 404 g/mol. The Morgan fingerprint density at radius 1 is 0.933 bits per heavy atom. The minimum absolute atomic E-state index is 0.277. The van der Waals surface area contributed by atoms with Gasteiger partial charge in [-0.25, -0.2) is 0 Å². The third-order valence-electron chi connectivity index (χ3n) is 7.49. The second-order valence-electron chi connectivity index (χ2n) is 10.1. The zero-order valence-electron chi connectivity index (χ0n) is 19.4. The summed E-state index contributed by atoms with van der Waals surface area (Å²) in [7, 11) is 0. The number of aryl methyl sites for hydroxylation is 1. The first-order valence-electron chi connectivity index (χ1n) is 12.2. The standard InChI is InChI=1S/C28H40N2/c1-5-6-7-8-20(3)26-17-29-28(30-18-26)27-12-11-23(15-21(27)4)24-10-9-22-13-19(2)14-25(22)16-24/h9-12,15-16,19-20,26,28-30H,5-8,13-14,17-18H2,1-4H3/t19-,20?,26?,28?/m1/s1. The van der Waals surface area contributed by atoms with E-state index >= 15 is 0 Å². The van der Waals surface area contributed by atoms with Gasteiger partial charge in [0.25, 0.3) is 0 Å². The molecule has 0 saturated carbocycles. The molecule has 2 N–H and O–H groups in total. The molecule has 2 aliphatic rings. The summed E-state index contributed by atoms with van der Waals surface area (Å²) in [6.07, 6.45) is 8.17. The van der Waals surface area contributed by atoms with Crippen LogP contribution in [0.2, 0.25) is 0 Å². The number of hydrogen-bond donors (Lipinski definition) is 2. The zero-order valence-corrected chi connectivity index (χ0v) is 19.4. The van der Waals surface area contributed by atoms with Crippen LogP contribution in [0.1, 0.15) is 74.9 Å². The van der Waals surface area contributed by atoms with Gasteiger partial charge in [0, 0.05) is 13.1 Å². The van der Waals surface area contributed by atoms with Crippen molar-refractivity contribution in [1.82, 2.24) is 10.6 Å². The van der Waals surface area contributed by atoms with Gasteiger partial charge in [0.1, 0.15) is 0 Å². The number of nitrogens with one attached hydrogen (secondary N) is 2. The number of fused-ring (bicyclic) bond motifs is 1. The molecule has 2 aromatic carbocycles. The molecule has 2 atom stereocenters. The molecule has 2 aromatic rings. The van der Waals surface area contributed by atoms with Crippen LogP contribution in [0.3, 0.4) is 0 Å². The van der Waals surface area contributed by atoms with Crippen molar-refractivity contribution in [2.75, 3.05) is 13.1 Å². The summed E-state index contributed by atoms with van der Waals surface area (Å²) in [5, 5.41) is 7.57. The van der Waals surface area contributed by atoms with Crippen molar-refractivity contribution in [3.63, 3.8) is 0 Å². The molecule has 1 heterocycles. The van der Waals surface area contributed by atoms with Crippen molar-refractivity contribution in [2.24, 2.45) is 17.8 Å². The van der Waals surface area contributed by atoms with Gasteiger partial charge in [0.05, 0.1) is 6.17 Å². The molecule has 1 aliphatic heterocycles. The van der Waals surface area contributed by atoms with E-state index in [1.807, 2.05) is 0 Å². The molecule has 30 heavy (non-hydrogen) atoms. The van der Waals surface area contributed by atoms with E-state index in [0.29, 0.717) is 0 Å². The lowest BCUT2D eigenvalue weighted by atomic mass is 9.87. The zero-order chi connectivity index (χ0) is 21.1. The van der Waals surface area contributed by atoms with E-state index in [1.54, 1.807) is 11.1 Å². The average Bonchev–Trinajstić information content (AvgIpc) is 3.13. The molecule has 1 aliphatic carbocycles. The summed E-state index contributed by atoms with van der Waals surface area (Å²) < 4.78 is 0. The van der Waals surface area contributed by atoms with E-state index in [4.69, 9.17) is 0 Å². The van der Waals surface area contributed by atoms with Gasteiger partial charge in [-0.3, -0.25) is 10.6 Å². The van der Waals surface area contributed by atoms with Crippen molar-refractivity contribution < 1.29 is 0 Å². The van der Waals surface area contributed by atoms with E-state index in [0.717, 1.165) is 30.8 Å². The molecule has 0 radical (unpaired) electrons. The molecular weight excluding hydrogens is 364 g/mol. The maximum Gasteiger partial charge on any atom is 0.0838 e. The van der Waals surface area contributed by atoms with Crippen LogP contribution in [-0.4, -0.2) is 13.1 Å². The topological polar surface area (TPSA) is 24.1 Å². The van der Waals surface area contributed by atoms with Gasteiger partial charge in [0.15, 0.2) is 0 Å². The van der Waals surface area contributed by atoms with Gasteiger partial charge in [-0.1, -0.05) is 82.9 Å². The first-order valence-corrected chi connectivity index (χ1v) is 12.2. The van der Waals surface area contributed by atoms with E-state index in [2.05, 4.69) is 74.7 Å².